The fraction of sp³-hybridized carbons (Fsp3) is 0.333. The van der Waals surface area contributed by atoms with E-state index in [1.165, 1.54) is 10.9 Å². The number of nitrogens with zero attached hydrogens (tertiary/aromatic N) is 3. The Morgan fingerprint density at radius 1 is 1.52 bits per heavy atom. The largest absolute Gasteiger partial charge is 0.493 e. The number of benzene rings is 1. The highest BCUT2D eigenvalue weighted by molar-refractivity contribution is 5.80. The maximum absolute atomic E-state index is 12.4. The number of aromatic nitrogens is 2. The first-order chi connectivity index (χ1) is 11.1. The highest BCUT2D eigenvalue weighted by Gasteiger charge is 2.26. The monoisotopic (exact) mass is 316 g/mol. The van der Waals surface area contributed by atoms with Crippen molar-refractivity contribution in [3.63, 3.8) is 0 Å². The second-order valence-electron chi connectivity index (χ2n) is 5.35. The number of rotatable bonds is 4. The van der Waals surface area contributed by atoms with E-state index >= 15 is 0 Å². The van der Waals surface area contributed by atoms with E-state index in [9.17, 15) is 14.9 Å². The lowest BCUT2D eigenvalue weighted by molar-refractivity contribution is -0.385. The first kappa shape index (κ1) is 15.0. The van der Waals surface area contributed by atoms with Crippen molar-refractivity contribution in [1.82, 2.24) is 15.1 Å². The first-order valence-corrected chi connectivity index (χ1v) is 7.27. The third-order valence-corrected chi connectivity index (χ3v) is 3.85. The van der Waals surface area contributed by atoms with Gasteiger partial charge >= 0.3 is 5.69 Å². The molecule has 0 unspecified atom stereocenters. The fourth-order valence-electron chi connectivity index (χ4n) is 2.54. The lowest BCUT2D eigenvalue weighted by Gasteiger charge is -2.27. The molecule has 0 fully saturated rings. The highest BCUT2D eigenvalue weighted by Crippen LogP contribution is 2.31. The fourth-order valence-corrected chi connectivity index (χ4v) is 2.54. The van der Waals surface area contributed by atoms with E-state index in [-0.39, 0.29) is 17.6 Å². The molecule has 1 N–H and O–H groups in total. The van der Waals surface area contributed by atoms with Crippen molar-refractivity contribution in [2.45, 2.75) is 25.4 Å². The molecule has 8 heteroatoms. The van der Waals surface area contributed by atoms with Crippen LogP contribution in [0.15, 0.2) is 36.7 Å². The van der Waals surface area contributed by atoms with Crippen LogP contribution < -0.4 is 10.1 Å². The van der Waals surface area contributed by atoms with Crippen molar-refractivity contribution in [1.29, 1.82) is 0 Å². The Kier molecular flexibility index (Phi) is 3.96. The summed E-state index contributed by atoms with van der Waals surface area (Å²) in [5, 5.41) is 17.5. The maximum atomic E-state index is 12.4. The Morgan fingerprint density at radius 2 is 2.30 bits per heavy atom. The number of fused-ring (bicyclic) bond motifs is 1. The molecule has 0 saturated carbocycles. The summed E-state index contributed by atoms with van der Waals surface area (Å²) in [6.45, 7) is 2.18. The normalized spacial score (nSPS) is 17.7. The van der Waals surface area contributed by atoms with Crippen LogP contribution in [0.1, 0.15) is 31.0 Å². The van der Waals surface area contributed by atoms with Gasteiger partial charge in [-0.05, 0) is 13.0 Å². The molecule has 2 heterocycles. The number of nitrogens with one attached hydrogen (secondary N) is 1. The summed E-state index contributed by atoms with van der Waals surface area (Å²) in [4.78, 5) is 22.6. The number of hydrogen-bond donors (Lipinski definition) is 1. The van der Waals surface area contributed by atoms with E-state index < -0.39 is 11.0 Å². The zero-order valence-corrected chi connectivity index (χ0v) is 12.5. The molecule has 0 saturated heterocycles. The number of para-hydroxylation sites is 1. The number of ether oxygens (including phenoxy) is 1. The topological polar surface area (TPSA) is 99.3 Å². The van der Waals surface area contributed by atoms with Crippen molar-refractivity contribution >= 4 is 11.6 Å². The van der Waals surface area contributed by atoms with Crippen molar-refractivity contribution in [3.8, 4) is 5.75 Å². The molecule has 0 radical (unpaired) electrons. The summed E-state index contributed by atoms with van der Waals surface area (Å²) in [5.74, 6) is 0.524. The van der Waals surface area contributed by atoms with Crippen molar-refractivity contribution in [3.05, 3.63) is 52.3 Å². The average molecular weight is 316 g/mol. The van der Waals surface area contributed by atoms with Gasteiger partial charge in [-0.25, -0.2) is 0 Å². The molecule has 1 aromatic carbocycles. The van der Waals surface area contributed by atoms with Gasteiger partial charge < -0.3 is 10.1 Å². The van der Waals surface area contributed by atoms with Crippen LogP contribution in [0.3, 0.4) is 0 Å². The SMILES string of the molecule is C[C@H](C(=O)N[C@@H]1CCOc2ccccc21)n1cc([N+](=O)[O-])cn1. The molecule has 1 aliphatic rings. The van der Waals surface area contributed by atoms with Crippen LogP contribution in [0.25, 0.3) is 0 Å². The Balaban J connectivity index is 1.73. The molecule has 0 bridgehead atoms. The molecular weight excluding hydrogens is 300 g/mol. The molecule has 0 spiro atoms. The predicted molar refractivity (Wildman–Crippen MR) is 81.0 cm³/mol. The minimum absolute atomic E-state index is 0.138. The molecule has 3 rings (SSSR count). The second-order valence-corrected chi connectivity index (χ2v) is 5.35. The third kappa shape index (κ3) is 3.01. The van der Waals surface area contributed by atoms with Gasteiger partial charge in [0.1, 0.15) is 24.2 Å². The number of hydrogen-bond acceptors (Lipinski definition) is 5. The van der Waals surface area contributed by atoms with Crippen LogP contribution in [-0.2, 0) is 4.79 Å². The van der Waals surface area contributed by atoms with Gasteiger partial charge in [-0.3, -0.25) is 19.6 Å². The van der Waals surface area contributed by atoms with Gasteiger partial charge in [-0.2, -0.15) is 5.10 Å². The highest BCUT2D eigenvalue weighted by atomic mass is 16.6. The van der Waals surface area contributed by atoms with Crippen molar-refractivity contribution in [2.75, 3.05) is 6.61 Å². The molecular formula is C15H16N4O4. The first-order valence-electron chi connectivity index (χ1n) is 7.27. The molecule has 2 aromatic rings. The van der Waals surface area contributed by atoms with E-state index in [1.54, 1.807) is 6.92 Å². The summed E-state index contributed by atoms with van der Waals surface area (Å²) >= 11 is 0. The van der Waals surface area contributed by atoms with E-state index in [0.717, 1.165) is 17.5 Å². The Labute approximate surface area is 132 Å². The molecule has 2 atom stereocenters. The van der Waals surface area contributed by atoms with Gasteiger partial charge in [-0.15, -0.1) is 0 Å². The molecule has 1 amide bonds. The third-order valence-electron chi connectivity index (χ3n) is 3.85. The maximum Gasteiger partial charge on any atom is 0.307 e. The van der Waals surface area contributed by atoms with Crippen LogP contribution in [0.4, 0.5) is 5.69 Å². The number of amides is 1. The van der Waals surface area contributed by atoms with Gasteiger partial charge in [-0.1, -0.05) is 18.2 Å². The van der Waals surface area contributed by atoms with Crippen LogP contribution in [0.2, 0.25) is 0 Å². The second kappa shape index (κ2) is 6.07. The quantitative estimate of drug-likeness (QED) is 0.687. The molecule has 8 nitrogen and oxygen atoms in total. The molecule has 0 aliphatic carbocycles. The van der Waals surface area contributed by atoms with Gasteiger partial charge in [0, 0.05) is 12.0 Å². The Hall–Kier alpha value is -2.90. The summed E-state index contributed by atoms with van der Waals surface area (Å²) in [6.07, 6.45) is 3.06. The summed E-state index contributed by atoms with van der Waals surface area (Å²) in [6, 6.07) is 6.79. The standard InChI is InChI=1S/C15H16N4O4/c1-10(18-9-11(8-16-18)19(21)22)15(20)17-13-6-7-23-14-5-3-2-4-12(13)14/h2-5,8-10,13H,6-7H2,1H3,(H,17,20)/t10-,13-/m1/s1. The smallest absolute Gasteiger partial charge is 0.307 e. The zero-order chi connectivity index (χ0) is 16.4. The minimum Gasteiger partial charge on any atom is -0.493 e. The molecule has 120 valence electrons. The van der Waals surface area contributed by atoms with E-state index in [1.807, 2.05) is 24.3 Å². The van der Waals surface area contributed by atoms with E-state index in [4.69, 9.17) is 4.74 Å². The number of carbonyl (C=O) groups excluding carboxylic acids is 1. The molecule has 1 aromatic heterocycles. The molecule has 23 heavy (non-hydrogen) atoms. The van der Waals surface area contributed by atoms with Crippen LogP contribution in [0, 0.1) is 10.1 Å². The van der Waals surface area contributed by atoms with Gasteiger partial charge in [0.25, 0.3) is 0 Å². The predicted octanol–water partition coefficient (Wildman–Crippen LogP) is 1.99. The lowest BCUT2D eigenvalue weighted by atomic mass is 10.0. The van der Waals surface area contributed by atoms with Crippen LogP contribution in [-0.4, -0.2) is 27.2 Å². The average Bonchev–Trinajstić information content (AvgIpc) is 3.04. The van der Waals surface area contributed by atoms with Crippen LogP contribution >= 0.6 is 0 Å². The number of nitro groups is 1. The minimum atomic E-state index is -0.640. The zero-order valence-electron chi connectivity index (χ0n) is 12.5. The molecule has 1 aliphatic heterocycles. The van der Waals surface area contributed by atoms with E-state index in [2.05, 4.69) is 10.4 Å². The van der Waals surface area contributed by atoms with Crippen molar-refractivity contribution in [2.24, 2.45) is 0 Å². The van der Waals surface area contributed by atoms with E-state index in [0.29, 0.717) is 13.0 Å². The van der Waals surface area contributed by atoms with Gasteiger partial charge in [0.05, 0.1) is 17.6 Å². The van der Waals surface area contributed by atoms with Gasteiger partial charge in [0.15, 0.2) is 0 Å². The number of carbonyl (C=O) groups is 1. The van der Waals surface area contributed by atoms with Gasteiger partial charge in [0.2, 0.25) is 5.91 Å². The Morgan fingerprint density at radius 3 is 3.04 bits per heavy atom. The summed E-state index contributed by atoms with van der Waals surface area (Å²) in [7, 11) is 0. The Bertz CT molecular complexity index is 743. The summed E-state index contributed by atoms with van der Waals surface area (Å²) in [5.41, 5.74) is 0.798. The van der Waals surface area contributed by atoms with Crippen molar-refractivity contribution < 1.29 is 14.5 Å². The summed E-state index contributed by atoms with van der Waals surface area (Å²) < 4.78 is 6.86. The van der Waals surface area contributed by atoms with Crippen LogP contribution in [0.5, 0.6) is 5.75 Å². The lowest BCUT2D eigenvalue weighted by Crippen LogP contribution is -2.36.